The Morgan fingerprint density at radius 1 is 1.03 bits per heavy atom. The lowest BCUT2D eigenvalue weighted by molar-refractivity contribution is -0.141. The van der Waals surface area contributed by atoms with E-state index in [1.165, 1.54) is 29.4 Å². The zero-order valence-corrected chi connectivity index (χ0v) is 21.0. The molecule has 0 saturated heterocycles. The summed E-state index contributed by atoms with van der Waals surface area (Å²) in [6, 6.07) is 12.1. The third-order valence-corrected chi connectivity index (χ3v) is 7.06. The van der Waals surface area contributed by atoms with Crippen molar-refractivity contribution in [3.63, 3.8) is 0 Å². The van der Waals surface area contributed by atoms with Gasteiger partial charge >= 0.3 is 6.18 Å². The van der Waals surface area contributed by atoms with Crippen LogP contribution in [0.4, 0.5) is 23.4 Å². The van der Waals surface area contributed by atoms with Crippen LogP contribution in [0.15, 0.2) is 54.9 Å². The first-order chi connectivity index (χ1) is 18.7. The van der Waals surface area contributed by atoms with Crippen LogP contribution in [0.25, 0.3) is 22.5 Å². The molecule has 1 aliphatic carbocycles. The van der Waals surface area contributed by atoms with Crippen molar-refractivity contribution in [1.82, 2.24) is 25.1 Å². The summed E-state index contributed by atoms with van der Waals surface area (Å²) in [7, 11) is 1.74. The van der Waals surface area contributed by atoms with Gasteiger partial charge in [-0.2, -0.15) is 13.2 Å². The van der Waals surface area contributed by atoms with E-state index >= 15 is 0 Å². The van der Waals surface area contributed by atoms with Crippen molar-refractivity contribution in [2.45, 2.75) is 32.1 Å². The van der Waals surface area contributed by atoms with Crippen molar-refractivity contribution >= 4 is 11.7 Å². The monoisotopic (exact) mass is 536 g/mol. The average Bonchev–Trinajstić information content (AvgIpc) is 3.53. The molecule has 1 aliphatic heterocycles. The number of amides is 1. The maximum Gasteiger partial charge on any atom is 0.433 e. The van der Waals surface area contributed by atoms with Crippen molar-refractivity contribution in [2.75, 3.05) is 11.4 Å². The maximum absolute atomic E-state index is 14.2. The molecule has 0 radical (unpaired) electrons. The lowest BCUT2D eigenvalue weighted by Crippen LogP contribution is -2.26. The first-order valence-electron chi connectivity index (χ1n) is 12.6. The number of carbonyl (C=O) groups excluding carboxylic acids is 1. The van der Waals surface area contributed by atoms with E-state index in [4.69, 9.17) is 0 Å². The van der Waals surface area contributed by atoms with Gasteiger partial charge < -0.3 is 9.88 Å². The van der Waals surface area contributed by atoms with E-state index in [1.54, 1.807) is 35.9 Å². The number of hydrogen-bond donors (Lipinski definition) is 1. The van der Waals surface area contributed by atoms with Gasteiger partial charge in [-0.25, -0.2) is 9.37 Å². The van der Waals surface area contributed by atoms with Crippen molar-refractivity contribution < 1.29 is 22.4 Å². The molecule has 3 heterocycles. The molecule has 4 aromatic rings. The number of carbonyl (C=O) groups is 1. The molecule has 39 heavy (non-hydrogen) atoms. The Kier molecular flexibility index (Phi) is 6.17. The molecule has 2 aliphatic rings. The van der Waals surface area contributed by atoms with Gasteiger partial charge in [0.2, 0.25) is 0 Å². The number of nitrogens with zero attached hydrogens (tertiary/aromatic N) is 5. The Labute approximate surface area is 221 Å². The molecule has 1 N–H and O–H groups in total. The van der Waals surface area contributed by atoms with Crippen LogP contribution >= 0.6 is 0 Å². The third-order valence-electron chi connectivity index (χ3n) is 7.06. The van der Waals surface area contributed by atoms with Crippen molar-refractivity contribution in [2.24, 2.45) is 13.0 Å². The lowest BCUT2D eigenvalue weighted by Gasteiger charge is -2.18. The van der Waals surface area contributed by atoms with E-state index in [-0.39, 0.29) is 18.9 Å². The van der Waals surface area contributed by atoms with Crippen LogP contribution in [0.5, 0.6) is 0 Å². The molecule has 0 atom stereocenters. The number of anilines is 1. The molecule has 2 aromatic heterocycles. The number of fused-ring (bicyclic) bond motifs is 1. The van der Waals surface area contributed by atoms with E-state index in [0.29, 0.717) is 45.1 Å². The van der Waals surface area contributed by atoms with Gasteiger partial charge in [-0.05, 0) is 77.9 Å². The second-order valence-electron chi connectivity index (χ2n) is 10.0. The Morgan fingerprint density at radius 3 is 2.56 bits per heavy atom. The van der Waals surface area contributed by atoms with Crippen LogP contribution in [0.2, 0.25) is 0 Å². The molecule has 6 rings (SSSR count). The van der Waals surface area contributed by atoms with Gasteiger partial charge in [0.15, 0.2) is 5.82 Å². The standard InChI is InChI=1S/C28H24F4N6O/c1-37-15-34-36-26(37)23-11-20(29)6-7-21(23)18-4-5-19-14-38(27(39)22(19)10-18)25-9-17(13-33-12-16-2-3-16)8-24(35-25)28(30,31)32/h4-11,15-16,33H,2-3,12-14H2,1H3. The summed E-state index contributed by atoms with van der Waals surface area (Å²) in [6.45, 7) is 1.09. The van der Waals surface area contributed by atoms with Gasteiger partial charge in [-0.15, -0.1) is 10.2 Å². The molecule has 0 bridgehead atoms. The minimum absolute atomic E-state index is 0.0441. The van der Waals surface area contributed by atoms with Crippen LogP contribution in [0.1, 0.15) is 40.0 Å². The van der Waals surface area contributed by atoms with Crippen LogP contribution in [-0.4, -0.2) is 32.2 Å². The third kappa shape index (κ3) is 5.01. The van der Waals surface area contributed by atoms with Crippen molar-refractivity contribution in [3.05, 3.63) is 83.1 Å². The van der Waals surface area contributed by atoms with Crippen LogP contribution in [-0.2, 0) is 26.3 Å². The lowest BCUT2D eigenvalue weighted by atomic mass is 9.96. The van der Waals surface area contributed by atoms with Gasteiger partial charge in [0.05, 0.1) is 6.54 Å². The molecule has 200 valence electrons. The number of aryl methyl sites for hydroxylation is 1. The summed E-state index contributed by atoms with van der Waals surface area (Å²) in [5.41, 5.74) is 2.18. The number of aromatic nitrogens is 4. The quantitative estimate of drug-likeness (QED) is 0.322. The largest absolute Gasteiger partial charge is 0.433 e. The summed E-state index contributed by atoms with van der Waals surface area (Å²) in [4.78, 5) is 18.6. The second kappa shape index (κ2) is 9.57. The molecular formula is C28H24F4N6O. The highest BCUT2D eigenvalue weighted by Gasteiger charge is 2.36. The first-order valence-corrected chi connectivity index (χ1v) is 12.6. The molecule has 0 spiro atoms. The Balaban J connectivity index is 1.33. The van der Waals surface area contributed by atoms with Crippen molar-refractivity contribution in [1.29, 1.82) is 0 Å². The van der Waals surface area contributed by atoms with Crippen LogP contribution < -0.4 is 10.2 Å². The fourth-order valence-corrected chi connectivity index (χ4v) is 4.83. The minimum Gasteiger partial charge on any atom is -0.317 e. The highest BCUT2D eigenvalue weighted by Crippen LogP contribution is 2.37. The first kappa shape index (κ1) is 25.2. The molecule has 2 aromatic carbocycles. The SMILES string of the molecule is Cn1cnnc1-c1cc(F)ccc1-c1ccc2c(c1)C(=O)N(c1cc(CNCC3CC3)cc(C(F)(F)F)n1)C2. The van der Waals surface area contributed by atoms with E-state index in [0.717, 1.165) is 25.5 Å². The zero-order chi connectivity index (χ0) is 27.3. The summed E-state index contributed by atoms with van der Waals surface area (Å²) in [6.07, 6.45) is -0.888. The number of alkyl halides is 3. The van der Waals surface area contributed by atoms with E-state index < -0.39 is 23.6 Å². The normalized spacial score (nSPS) is 15.2. The van der Waals surface area contributed by atoms with Gasteiger partial charge in [0, 0.05) is 24.7 Å². The Bertz CT molecular complexity index is 1580. The fraction of sp³-hybridized carbons (Fsp3) is 0.286. The molecule has 0 unspecified atom stereocenters. The van der Waals surface area contributed by atoms with Gasteiger partial charge in [0.1, 0.15) is 23.7 Å². The van der Waals surface area contributed by atoms with Crippen LogP contribution in [0.3, 0.4) is 0 Å². The number of halogens is 4. The van der Waals surface area contributed by atoms with E-state index in [1.807, 2.05) is 0 Å². The summed E-state index contributed by atoms with van der Waals surface area (Å²) in [5.74, 6) is 0.0925. The van der Waals surface area contributed by atoms with Gasteiger partial charge in [-0.1, -0.05) is 18.2 Å². The number of hydrogen-bond acceptors (Lipinski definition) is 5. The maximum atomic E-state index is 14.2. The molecule has 1 fully saturated rings. The number of pyridine rings is 1. The van der Waals surface area contributed by atoms with E-state index in [2.05, 4.69) is 20.5 Å². The summed E-state index contributed by atoms with van der Waals surface area (Å²) in [5, 5.41) is 11.2. The molecule has 7 nitrogen and oxygen atoms in total. The average molecular weight is 537 g/mol. The highest BCUT2D eigenvalue weighted by atomic mass is 19.4. The Hall–Kier alpha value is -4.12. The molecule has 1 amide bonds. The zero-order valence-electron chi connectivity index (χ0n) is 21.0. The minimum atomic E-state index is -4.65. The molecule has 1 saturated carbocycles. The summed E-state index contributed by atoms with van der Waals surface area (Å²) >= 11 is 0. The van der Waals surface area contributed by atoms with Gasteiger partial charge in [0.25, 0.3) is 5.91 Å². The number of benzene rings is 2. The van der Waals surface area contributed by atoms with Crippen molar-refractivity contribution in [3.8, 4) is 22.5 Å². The van der Waals surface area contributed by atoms with Crippen LogP contribution in [0, 0.1) is 11.7 Å². The number of rotatable bonds is 7. The van der Waals surface area contributed by atoms with E-state index in [9.17, 15) is 22.4 Å². The topological polar surface area (TPSA) is 75.9 Å². The predicted octanol–water partition coefficient (Wildman–Crippen LogP) is 5.36. The van der Waals surface area contributed by atoms with Gasteiger partial charge in [-0.3, -0.25) is 9.69 Å². The Morgan fingerprint density at radius 2 is 1.85 bits per heavy atom. The molecular weight excluding hydrogens is 512 g/mol. The highest BCUT2D eigenvalue weighted by molar-refractivity contribution is 6.10. The predicted molar refractivity (Wildman–Crippen MR) is 136 cm³/mol. The molecule has 11 heteroatoms. The second-order valence-corrected chi connectivity index (χ2v) is 10.0. The number of nitrogens with one attached hydrogen (secondary N) is 1. The fourth-order valence-electron chi connectivity index (χ4n) is 4.83. The summed E-state index contributed by atoms with van der Waals surface area (Å²) < 4.78 is 56.9. The smallest absolute Gasteiger partial charge is 0.317 e.